The number of amides is 1. The molecule has 0 radical (unpaired) electrons. The minimum absolute atomic E-state index is 0.0720. The summed E-state index contributed by atoms with van der Waals surface area (Å²) in [6, 6.07) is 0. The minimum Gasteiger partial charge on any atom is -0.444 e. The highest BCUT2D eigenvalue weighted by molar-refractivity contribution is 5.68. The molecule has 1 aliphatic rings. The molecule has 0 saturated carbocycles. The maximum atomic E-state index is 13.9. The van der Waals surface area contributed by atoms with Gasteiger partial charge in [-0.25, -0.2) is 9.18 Å². The molecule has 1 heterocycles. The van der Waals surface area contributed by atoms with Gasteiger partial charge < -0.3 is 15.4 Å². The van der Waals surface area contributed by atoms with Gasteiger partial charge in [-0.1, -0.05) is 6.92 Å². The Morgan fingerprint density at radius 3 is 2.59 bits per heavy atom. The van der Waals surface area contributed by atoms with Crippen LogP contribution >= 0.6 is 0 Å². The van der Waals surface area contributed by atoms with Crippen molar-refractivity contribution in [3.63, 3.8) is 0 Å². The van der Waals surface area contributed by atoms with Crippen LogP contribution in [0.4, 0.5) is 9.18 Å². The predicted octanol–water partition coefficient (Wildman–Crippen LogP) is 1.93. The average molecular weight is 246 g/mol. The van der Waals surface area contributed by atoms with Crippen molar-refractivity contribution < 1.29 is 13.9 Å². The maximum absolute atomic E-state index is 13.9. The van der Waals surface area contributed by atoms with Crippen LogP contribution in [0.1, 0.15) is 34.1 Å². The van der Waals surface area contributed by atoms with Crippen molar-refractivity contribution in [2.24, 2.45) is 11.1 Å². The quantitative estimate of drug-likeness (QED) is 0.769. The summed E-state index contributed by atoms with van der Waals surface area (Å²) in [5.74, 6) is 0. The summed E-state index contributed by atoms with van der Waals surface area (Å²) in [4.78, 5) is 13.2. The van der Waals surface area contributed by atoms with Crippen LogP contribution in [0.25, 0.3) is 0 Å². The first-order chi connectivity index (χ1) is 7.68. The molecule has 0 aromatic rings. The fourth-order valence-corrected chi connectivity index (χ4v) is 1.77. The van der Waals surface area contributed by atoms with Crippen LogP contribution in [0.3, 0.4) is 0 Å². The number of piperidine rings is 1. The third kappa shape index (κ3) is 3.56. The summed E-state index contributed by atoms with van der Waals surface area (Å²) < 4.78 is 19.2. The number of hydrogen-bond donors (Lipinski definition) is 1. The number of halogens is 1. The minimum atomic E-state index is -1.09. The zero-order chi connectivity index (χ0) is 13.3. The Balaban J connectivity index is 2.58. The van der Waals surface area contributed by atoms with Crippen LogP contribution in [0, 0.1) is 5.41 Å². The molecule has 1 fully saturated rings. The molecule has 0 unspecified atom stereocenters. The normalized spacial score (nSPS) is 30.2. The van der Waals surface area contributed by atoms with E-state index in [4.69, 9.17) is 10.5 Å². The van der Waals surface area contributed by atoms with E-state index >= 15 is 0 Å². The molecule has 1 saturated heterocycles. The van der Waals surface area contributed by atoms with Crippen molar-refractivity contribution in [3.05, 3.63) is 0 Å². The van der Waals surface area contributed by atoms with E-state index in [1.807, 2.05) is 6.92 Å². The molecular formula is C12H23FN2O2. The highest BCUT2D eigenvalue weighted by atomic mass is 19.1. The Hall–Kier alpha value is -0.840. The second-order valence-corrected chi connectivity index (χ2v) is 6.00. The van der Waals surface area contributed by atoms with Crippen LogP contribution in [0.5, 0.6) is 0 Å². The number of rotatable bonds is 1. The van der Waals surface area contributed by atoms with Gasteiger partial charge in [0.1, 0.15) is 11.8 Å². The third-order valence-corrected chi connectivity index (χ3v) is 3.21. The van der Waals surface area contributed by atoms with Crippen molar-refractivity contribution in [1.29, 1.82) is 0 Å². The van der Waals surface area contributed by atoms with E-state index in [0.29, 0.717) is 19.5 Å². The zero-order valence-corrected chi connectivity index (χ0v) is 11.1. The molecule has 0 aromatic heterocycles. The first-order valence-electron chi connectivity index (χ1n) is 6.00. The Morgan fingerprint density at radius 2 is 2.18 bits per heavy atom. The molecule has 100 valence electrons. The topological polar surface area (TPSA) is 55.6 Å². The molecule has 0 spiro atoms. The van der Waals surface area contributed by atoms with Gasteiger partial charge in [0.2, 0.25) is 0 Å². The first kappa shape index (κ1) is 14.2. The smallest absolute Gasteiger partial charge is 0.410 e. The molecule has 0 aromatic carbocycles. The van der Waals surface area contributed by atoms with Crippen molar-refractivity contribution in [2.45, 2.75) is 45.9 Å². The van der Waals surface area contributed by atoms with Gasteiger partial charge in [-0.05, 0) is 27.2 Å². The van der Waals surface area contributed by atoms with Crippen LogP contribution < -0.4 is 5.73 Å². The molecule has 1 aliphatic heterocycles. The van der Waals surface area contributed by atoms with E-state index in [-0.39, 0.29) is 6.54 Å². The van der Waals surface area contributed by atoms with Gasteiger partial charge in [-0.3, -0.25) is 0 Å². The lowest BCUT2D eigenvalue weighted by Crippen LogP contribution is -2.53. The van der Waals surface area contributed by atoms with Gasteiger partial charge in [0, 0.05) is 18.5 Å². The number of hydrogen-bond acceptors (Lipinski definition) is 3. The summed E-state index contributed by atoms with van der Waals surface area (Å²) in [5, 5.41) is 0. The summed E-state index contributed by atoms with van der Waals surface area (Å²) in [5.41, 5.74) is 4.52. The van der Waals surface area contributed by atoms with Crippen molar-refractivity contribution in [1.82, 2.24) is 4.90 Å². The summed E-state index contributed by atoms with van der Waals surface area (Å²) in [6.45, 7) is 8.09. The Kier molecular flexibility index (Phi) is 4.02. The molecule has 1 amide bonds. The number of nitrogens with two attached hydrogens (primary N) is 1. The van der Waals surface area contributed by atoms with Gasteiger partial charge in [-0.2, -0.15) is 0 Å². The summed E-state index contributed by atoms with van der Waals surface area (Å²) in [6.07, 6.45) is -0.961. The molecule has 17 heavy (non-hydrogen) atoms. The summed E-state index contributed by atoms with van der Waals surface area (Å²) >= 11 is 0. The van der Waals surface area contributed by atoms with E-state index in [9.17, 15) is 9.18 Å². The fraction of sp³-hybridized carbons (Fsp3) is 0.917. The van der Waals surface area contributed by atoms with Crippen molar-refractivity contribution >= 4 is 6.09 Å². The van der Waals surface area contributed by atoms with Gasteiger partial charge in [0.05, 0.1) is 6.54 Å². The summed E-state index contributed by atoms with van der Waals surface area (Å²) in [7, 11) is 0. The first-order valence-corrected chi connectivity index (χ1v) is 6.00. The van der Waals surface area contributed by atoms with E-state index in [2.05, 4.69) is 0 Å². The lowest BCUT2D eigenvalue weighted by molar-refractivity contribution is -0.0120. The predicted molar refractivity (Wildman–Crippen MR) is 64.5 cm³/mol. The number of ether oxygens (including phenoxy) is 1. The van der Waals surface area contributed by atoms with Crippen molar-refractivity contribution in [2.75, 3.05) is 19.6 Å². The van der Waals surface area contributed by atoms with Crippen LogP contribution in [0.15, 0.2) is 0 Å². The number of likely N-dealkylation sites (tertiary alicyclic amines) is 1. The standard InChI is InChI=1S/C12H23FN2O2/c1-11(2,3)17-10(16)15-6-5-12(4,8-14)9(13)7-15/h9H,5-8,14H2,1-4H3/t9-,12-/m1/s1. The second kappa shape index (κ2) is 4.80. The second-order valence-electron chi connectivity index (χ2n) is 6.00. The SMILES string of the molecule is CC(C)(C)OC(=O)N1CC[C@](C)(CN)[C@H](F)C1. The zero-order valence-electron chi connectivity index (χ0n) is 11.1. The van der Waals surface area contributed by atoms with E-state index in [1.165, 1.54) is 4.90 Å². The molecular weight excluding hydrogens is 223 g/mol. The number of carbonyl (C=O) groups is 1. The Morgan fingerprint density at radius 1 is 1.59 bits per heavy atom. The highest BCUT2D eigenvalue weighted by Gasteiger charge is 2.40. The molecule has 0 aliphatic carbocycles. The molecule has 5 heteroatoms. The largest absolute Gasteiger partial charge is 0.444 e. The van der Waals surface area contributed by atoms with Gasteiger partial charge in [0.15, 0.2) is 0 Å². The fourth-order valence-electron chi connectivity index (χ4n) is 1.77. The van der Waals surface area contributed by atoms with Gasteiger partial charge in [0.25, 0.3) is 0 Å². The molecule has 4 nitrogen and oxygen atoms in total. The third-order valence-electron chi connectivity index (χ3n) is 3.21. The van der Waals surface area contributed by atoms with Crippen LogP contribution in [-0.4, -0.2) is 42.4 Å². The van der Waals surface area contributed by atoms with E-state index < -0.39 is 23.3 Å². The number of carbonyl (C=O) groups excluding carboxylic acids is 1. The monoisotopic (exact) mass is 246 g/mol. The van der Waals surface area contributed by atoms with Crippen LogP contribution in [0.2, 0.25) is 0 Å². The lowest BCUT2D eigenvalue weighted by Gasteiger charge is -2.41. The average Bonchev–Trinajstić information content (AvgIpc) is 2.19. The van der Waals surface area contributed by atoms with Gasteiger partial charge in [-0.15, -0.1) is 0 Å². The number of alkyl halides is 1. The van der Waals surface area contributed by atoms with Crippen molar-refractivity contribution in [3.8, 4) is 0 Å². The Labute approximate surface area is 102 Å². The molecule has 1 rings (SSSR count). The highest BCUT2D eigenvalue weighted by Crippen LogP contribution is 2.32. The van der Waals surface area contributed by atoms with Gasteiger partial charge >= 0.3 is 6.09 Å². The van der Waals surface area contributed by atoms with E-state index in [1.54, 1.807) is 20.8 Å². The van der Waals surface area contributed by atoms with E-state index in [0.717, 1.165) is 0 Å². The molecule has 0 bridgehead atoms. The lowest BCUT2D eigenvalue weighted by atomic mass is 9.79. The molecule has 2 N–H and O–H groups in total. The Bertz CT molecular complexity index is 291. The van der Waals surface area contributed by atoms with Crippen LogP contribution in [-0.2, 0) is 4.74 Å². The number of nitrogens with zero attached hydrogens (tertiary/aromatic N) is 1. The maximum Gasteiger partial charge on any atom is 0.410 e. The molecule has 2 atom stereocenters.